The summed E-state index contributed by atoms with van der Waals surface area (Å²) in [5.41, 5.74) is 3.21. The van der Waals surface area contributed by atoms with E-state index in [0.717, 1.165) is 35.3 Å². The number of carbonyl (C=O) groups is 1. The highest BCUT2D eigenvalue weighted by molar-refractivity contribution is 5.74. The number of amides is 2. The van der Waals surface area contributed by atoms with Gasteiger partial charge in [0.1, 0.15) is 5.75 Å². The zero-order chi connectivity index (χ0) is 17.7. The Hall–Kier alpha value is -2.53. The van der Waals surface area contributed by atoms with Gasteiger partial charge in [-0.1, -0.05) is 36.4 Å². The van der Waals surface area contributed by atoms with Crippen LogP contribution in [0.2, 0.25) is 0 Å². The first kappa shape index (κ1) is 17.3. The van der Waals surface area contributed by atoms with Crippen molar-refractivity contribution in [2.75, 3.05) is 20.3 Å². The molecular formula is C20H24N2O3. The minimum Gasteiger partial charge on any atom is -0.497 e. The molecule has 0 unspecified atom stereocenters. The Morgan fingerprint density at radius 2 is 1.64 bits per heavy atom. The molecule has 2 aromatic rings. The number of methoxy groups -OCH3 is 1. The second-order valence-corrected chi connectivity index (χ2v) is 6.62. The Labute approximate surface area is 148 Å². The van der Waals surface area contributed by atoms with Gasteiger partial charge < -0.3 is 20.5 Å². The molecule has 25 heavy (non-hydrogen) atoms. The summed E-state index contributed by atoms with van der Waals surface area (Å²) in [5, 5.41) is 14.9. The van der Waals surface area contributed by atoms with Crippen molar-refractivity contribution < 1.29 is 14.6 Å². The number of urea groups is 1. The number of hydrogen-bond donors (Lipinski definition) is 3. The minimum absolute atomic E-state index is 0.0721. The molecule has 5 heteroatoms. The molecule has 0 atom stereocenters. The number of hydrogen-bond acceptors (Lipinski definition) is 3. The first-order chi connectivity index (χ1) is 12.1. The van der Waals surface area contributed by atoms with Gasteiger partial charge in [0.05, 0.1) is 13.7 Å². The third kappa shape index (κ3) is 4.51. The molecule has 2 aromatic carbocycles. The van der Waals surface area contributed by atoms with Gasteiger partial charge in [-0.15, -0.1) is 0 Å². The van der Waals surface area contributed by atoms with Crippen LogP contribution in [0.5, 0.6) is 5.75 Å². The van der Waals surface area contributed by atoms with Gasteiger partial charge in [0.2, 0.25) is 0 Å². The largest absolute Gasteiger partial charge is 0.497 e. The second kappa shape index (κ2) is 7.57. The molecule has 0 saturated heterocycles. The van der Waals surface area contributed by atoms with Crippen LogP contribution in [0.25, 0.3) is 11.1 Å². The number of aliphatic hydroxyl groups excluding tert-OH is 1. The van der Waals surface area contributed by atoms with E-state index in [-0.39, 0.29) is 18.1 Å². The van der Waals surface area contributed by atoms with Crippen LogP contribution in [0.15, 0.2) is 48.5 Å². The van der Waals surface area contributed by atoms with Gasteiger partial charge >= 0.3 is 6.03 Å². The lowest BCUT2D eigenvalue weighted by molar-refractivity contribution is 0.203. The molecule has 1 aliphatic carbocycles. The van der Waals surface area contributed by atoms with Crippen LogP contribution >= 0.6 is 0 Å². The Morgan fingerprint density at radius 1 is 1.04 bits per heavy atom. The van der Waals surface area contributed by atoms with Crippen molar-refractivity contribution in [3.8, 4) is 16.9 Å². The van der Waals surface area contributed by atoms with Crippen LogP contribution in [-0.2, 0) is 6.54 Å². The average Bonchev–Trinajstić information content (AvgIpc) is 3.46. The zero-order valence-electron chi connectivity index (χ0n) is 14.4. The van der Waals surface area contributed by atoms with Gasteiger partial charge in [0.15, 0.2) is 0 Å². The SMILES string of the molecule is COc1ccc(-c2ccc(CNC(=O)NCC3(CO)CC3)cc2)cc1. The van der Waals surface area contributed by atoms with Crippen molar-refractivity contribution in [2.45, 2.75) is 19.4 Å². The van der Waals surface area contributed by atoms with Crippen LogP contribution in [0.3, 0.4) is 0 Å². The minimum atomic E-state index is -0.195. The molecule has 3 rings (SSSR count). The highest BCUT2D eigenvalue weighted by Crippen LogP contribution is 2.44. The number of carbonyl (C=O) groups excluding carboxylic acids is 1. The van der Waals surface area contributed by atoms with Crippen molar-refractivity contribution in [1.29, 1.82) is 0 Å². The third-order valence-electron chi connectivity index (χ3n) is 4.75. The molecule has 3 N–H and O–H groups in total. The van der Waals surface area contributed by atoms with Crippen molar-refractivity contribution in [3.63, 3.8) is 0 Å². The molecule has 0 heterocycles. The van der Waals surface area contributed by atoms with E-state index >= 15 is 0 Å². The van der Waals surface area contributed by atoms with Gasteiger partial charge in [0.25, 0.3) is 0 Å². The van der Waals surface area contributed by atoms with E-state index in [9.17, 15) is 9.90 Å². The van der Waals surface area contributed by atoms with E-state index in [1.54, 1.807) is 7.11 Å². The lowest BCUT2D eigenvalue weighted by Gasteiger charge is -2.13. The molecule has 132 valence electrons. The average molecular weight is 340 g/mol. The molecule has 0 aromatic heterocycles. The fraction of sp³-hybridized carbons (Fsp3) is 0.350. The maximum absolute atomic E-state index is 11.8. The maximum Gasteiger partial charge on any atom is 0.315 e. The van der Waals surface area contributed by atoms with Gasteiger partial charge in [-0.05, 0) is 41.7 Å². The fourth-order valence-electron chi connectivity index (χ4n) is 2.68. The molecule has 0 bridgehead atoms. The fourth-order valence-corrected chi connectivity index (χ4v) is 2.68. The van der Waals surface area contributed by atoms with E-state index in [1.807, 2.05) is 48.5 Å². The molecule has 5 nitrogen and oxygen atoms in total. The summed E-state index contributed by atoms with van der Waals surface area (Å²) in [4.78, 5) is 11.8. The molecule has 0 spiro atoms. The molecule has 0 aliphatic heterocycles. The number of rotatable bonds is 7. The van der Waals surface area contributed by atoms with Gasteiger partial charge in [-0.25, -0.2) is 4.79 Å². The van der Waals surface area contributed by atoms with Crippen LogP contribution in [-0.4, -0.2) is 31.4 Å². The molecule has 1 fully saturated rings. The normalized spacial score (nSPS) is 14.6. The summed E-state index contributed by atoms with van der Waals surface area (Å²) < 4.78 is 5.17. The topological polar surface area (TPSA) is 70.6 Å². The lowest BCUT2D eigenvalue weighted by atomic mass is 10.0. The van der Waals surface area contributed by atoms with Crippen molar-refractivity contribution in [3.05, 3.63) is 54.1 Å². The van der Waals surface area contributed by atoms with Crippen LogP contribution in [0.4, 0.5) is 4.79 Å². The second-order valence-electron chi connectivity index (χ2n) is 6.62. The Morgan fingerprint density at radius 3 is 2.16 bits per heavy atom. The summed E-state index contributed by atoms with van der Waals surface area (Å²) in [6.45, 7) is 1.15. The molecular weight excluding hydrogens is 316 g/mol. The highest BCUT2D eigenvalue weighted by Gasteiger charge is 2.42. The van der Waals surface area contributed by atoms with Crippen molar-refractivity contribution >= 4 is 6.03 Å². The highest BCUT2D eigenvalue weighted by atomic mass is 16.5. The van der Waals surface area contributed by atoms with Gasteiger partial charge in [-0.2, -0.15) is 0 Å². The first-order valence-corrected chi connectivity index (χ1v) is 8.50. The summed E-state index contributed by atoms with van der Waals surface area (Å²) in [5.74, 6) is 0.838. The Balaban J connectivity index is 1.49. The van der Waals surface area contributed by atoms with Gasteiger partial charge in [0, 0.05) is 18.5 Å². The summed E-state index contributed by atoms with van der Waals surface area (Å²) >= 11 is 0. The quantitative estimate of drug-likeness (QED) is 0.726. The van der Waals surface area contributed by atoms with E-state index in [2.05, 4.69) is 10.6 Å². The number of benzene rings is 2. The lowest BCUT2D eigenvalue weighted by Crippen LogP contribution is -2.39. The zero-order valence-corrected chi connectivity index (χ0v) is 14.4. The maximum atomic E-state index is 11.8. The predicted molar refractivity (Wildman–Crippen MR) is 97.4 cm³/mol. The number of nitrogens with one attached hydrogen (secondary N) is 2. The standard InChI is InChI=1S/C20H24N2O3/c1-25-18-8-6-17(7-9-18)16-4-2-15(3-5-16)12-21-19(24)22-13-20(14-23)10-11-20/h2-9,23H,10-14H2,1H3,(H2,21,22,24). The van der Waals surface area contributed by atoms with Gasteiger partial charge in [-0.3, -0.25) is 0 Å². The smallest absolute Gasteiger partial charge is 0.315 e. The van der Waals surface area contributed by atoms with E-state index < -0.39 is 0 Å². The summed E-state index contributed by atoms with van der Waals surface area (Å²) in [6, 6.07) is 15.8. The first-order valence-electron chi connectivity index (χ1n) is 8.50. The molecule has 2 amide bonds. The molecule has 1 saturated carbocycles. The van der Waals surface area contributed by atoms with Crippen molar-refractivity contribution in [2.24, 2.45) is 5.41 Å². The number of aliphatic hydroxyl groups is 1. The molecule has 0 radical (unpaired) electrons. The predicted octanol–water partition coefficient (Wildman–Crippen LogP) is 2.93. The van der Waals surface area contributed by atoms with Crippen molar-refractivity contribution in [1.82, 2.24) is 10.6 Å². The monoisotopic (exact) mass is 340 g/mol. The summed E-state index contributed by atoms with van der Waals surface area (Å²) in [6.07, 6.45) is 1.97. The number of ether oxygens (including phenoxy) is 1. The van der Waals surface area contributed by atoms with Crippen LogP contribution in [0.1, 0.15) is 18.4 Å². The van der Waals surface area contributed by atoms with E-state index in [1.165, 1.54) is 0 Å². The van der Waals surface area contributed by atoms with Crippen LogP contribution < -0.4 is 15.4 Å². The Bertz CT molecular complexity index is 707. The van der Waals surface area contributed by atoms with E-state index in [4.69, 9.17) is 4.74 Å². The molecule has 1 aliphatic rings. The Kier molecular flexibility index (Phi) is 5.24. The van der Waals surface area contributed by atoms with Crippen LogP contribution in [0, 0.1) is 5.41 Å². The third-order valence-corrected chi connectivity index (χ3v) is 4.75. The summed E-state index contributed by atoms with van der Waals surface area (Å²) in [7, 11) is 1.65. The van der Waals surface area contributed by atoms with E-state index in [0.29, 0.717) is 13.1 Å².